The molecule has 0 heterocycles. The predicted octanol–water partition coefficient (Wildman–Crippen LogP) is 4.27. The van der Waals surface area contributed by atoms with Crippen LogP contribution in [0.2, 0.25) is 0 Å². The van der Waals surface area contributed by atoms with Gasteiger partial charge in [0.1, 0.15) is 18.4 Å². The molecule has 0 aliphatic rings. The summed E-state index contributed by atoms with van der Waals surface area (Å²) in [5.41, 5.74) is 1.41. The first-order chi connectivity index (χ1) is 17.6. The van der Waals surface area contributed by atoms with Crippen molar-refractivity contribution in [3.63, 3.8) is 0 Å². The zero-order valence-corrected chi connectivity index (χ0v) is 22.0. The van der Waals surface area contributed by atoms with Crippen LogP contribution in [-0.4, -0.2) is 44.3 Å². The lowest BCUT2D eigenvalue weighted by Crippen LogP contribution is -2.51. The molecule has 0 bridgehead atoms. The van der Waals surface area contributed by atoms with Gasteiger partial charge in [-0.15, -0.1) is 0 Å². The van der Waals surface area contributed by atoms with Gasteiger partial charge < -0.3 is 10.2 Å². The Morgan fingerprint density at radius 2 is 1.57 bits per heavy atom. The second-order valence-electron chi connectivity index (χ2n) is 8.74. The Hall–Kier alpha value is -3.72. The van der Waals surface area contributed by atoms with Gasteiger partial charge in [-0.1, -0.05) is 61.0 Å². The number of carbonyl (C=O) groups excluding carboxylic acids is 2. The van der Waals surface area contributed by atoms with Gasteiger partial charge in [-0.05, 0) is 50.6 Å². The largest absolute Gasteiger partial charge is 0.354 e. The molecule has 1 atom stereocenters. The van der Waals surface area contributed by atoms with Crippen molar-refractivity contribution in [1.82, 2.24) is 10.2 Å². The summed E-state index contributed by atoms with van der Waals surface area (Å²) in [5, 5.41) is 2.76. The van der Waals surface area contributed by atoms with Crippen LogP contribution in [0.4, 0.5) is 10.1 Å². The summed E-state index contributed by atoms with van der Waals surface area (Å²) < 4.78 is 42.9. The third kappa shape index (κ3) is 6.95. The highest BCUT2D eigenvalue weighted by Gasteiger charge is 2.32. The van der Waals surface area contributed by atoms with E-state index in [2.05, 4.69) is 5.32 Å². The Morgan fingerprint density at radius 3 is 2.19 bits per heavy atom. The maximum Gasteiger partial charge on any atom is 0.264 e. The zero-order chi connectivity index (χ0) is 27.0. The van der Waals surface area contributed by atoms with Crippen LogP contribution in [-0.2, 0) is 26.2 Å². The molecule has 0 spiro atoms. The van der Waals surface area contributed by atoms with Crippen molar-refractivity contribution in [2.45, 2.75) is 44.7 Å². The molecule has 0 aliphatic carbocycles. The van der Waals surface area contributed by atoms with Gasteiger partial charge >= 0.3 is 0 Å². The number of para-hydroxylation sites is 1. The Morgan fingerprint density at radius 1 is 0.946 bits per heavy atom. The maximum atomic E-state index is 14.5. The Bertz CT molecular complexity index is 1310. The molecule has 37 heavy (non-hydrogen) atoms. The van der Waals surface area contributed by atoms with E-state index in [-0.39, 0.29) is 17.0 Å². The second kappa shape index (κ2) is 12.5. The lowest BCUT2D eigenvalue weighted by molar-refractivity contribution is -0.139. The summed E-state index contributed by atoms with van der Waals surface area (Å²) >= 11 is 0. The molecular formula is C28H32FN3O4S. The summed E-state index contributed by atoms with van der Waals surface area (Å²) in [7, 11) is -4.13. The molecule has 7 nitrogen and oxygen atoms in total. The standard InChI is InChI=1S/C28H32FN3O4S/c1-4-18-30-28(34)22(3)31(19-23-10-8-9-13-26(23)29)27(33)20-32(24-11-6-5-7-12-24)37(35,36)25-16-14-21(2)15-17-25/h5-17,22H,4,18-20H2,1-3H3,(H,30,34)/t22-/m0/s1. The van der Waals surface area contributed by atoms with Gasteiger partial charge in [0.15, 0.2) is 0 Å². The van der Waals surface area contributed by atoms with E-state index < -0.39 is 40.2 Å². The van der Waals surface area contributed by atoms with E-state index in [1.165, 1.54) is 35.2 Å². The van der Waals surface area contributed by atoms with Gasteiger partial charge in [0.05, 0.1) is 10.6 Å². The minimum absolute atomic E-state index is 0.0316. The molecule has 196 valence electrons. The molecule has 0 saturated heterocycles. The fourth-order valence-electron chi connectivity index (χ4n) is 3.75. The van der Waals surface area contributed by atoms with Gasteiger partial charge in [0.2, 0.25) is 11.8 Å². The lowest BCUT2D eigenvalue weighted by Gasteiger charge is -2.32. The smallest absolute Gasteiger partial charge is 0.264 e. The molecule has 3 aromatic rings. The molecule has 0 aliphatic heterocycles. The highest BCUT2D eigenvalue weighted by Crippen LogP contribution is 2.25. The summed E-state index contributed by atoms with van der Waals surface area (Å²) in [5.74, 6) is -1.56. The number of hydrogen-bond acceptors (Lipinski definition) is 4. The third-order valence-electron chi connectivity index (χ3n) is 5.95. The van der Waals surface area contributed by atoms with Crippen LogP contribution in [0.15, 0.2) is 83.8 Å². The predicted molar refractivity (Wildman–Crippen MR) is 142 cm³/mol. The number of rotatable bonds is 11. The number of sulfonamides is 1. The number of hydrogen-bond donors (Lipinski definition) is 1. The highest BCUT2D eigenvalue weighted by molar-refractivity contribution is 7.92. The van der Waals surface area contributed by atoms with Gasteiger partial charge in [-0.3, -0.25) is 13.9 Å². The van der Waals surface area contributed by atoms with Crippen LogP contribution in [0, 0.1) is 12.7 Å². The topological polar surface area (TPSA) is 86.8 Å². The number of aryl methyl sites for hydroxylation is 1. The molecule has 0 radical (unpaired) electrons. The number of carbonyl (C=O) groups is 2. The molecule has 2 amide bonds. The van der Waals surface area contributed by atoms with Crippen LogP contribution < -0.4 is 9.62 Å². The Labute approximate surface area is 218 Å². The minimum Gasteiger partial charge on any atom is -0.354 e. The maximum absolute atomic E-state index is 14.5. The van der Waals surface area contributed by atoms with Crippen molar-refractivity contribution in [3.8, 4) is 0 Å². The fraction of sp³-hybridized carbons (Fsp3) is 0.286. The molecule has 3 rings (SSSR count). The molecule has 0 unspecified atom stereocenters. The Balaban J connectivity index is 2.00. The fourth-order valence-corrected chi connectivity index (χ4v) is 5.16. The van der Waals surface area contributed by atoms with Crippen LogP contribution in [0.25, 0.3) is 0 Å². The number of benzene rings is 3. The lowest BCUT2D eigenvalue weighted by atomic mass is 10.1. The first kappa shape index (κ1) is 27.9. The first-order valence-electron chi connectivity index (χ1n) is 12.1. The van der Waals surface area contributed by atoms with Gasteiger partial charge in [-0.2, -0.15) is 0 Å². The molecular weight excluding hydrogens is 493 g/mol. The summed E-state index contributed by atoms with van der Waals surface area (Å²) in [6.07, 6.45) is 0.705. The van der Waals surface area contributed by atoms with E-state index in [1.807, 2.05) is 13.8 Å². The van der Waals surface area contributed by atoms with Crippen molar-refractivity contribution in [3.05, 3.63) is 95.8 Å². The quantitative estimate of drug-likeness (QED) is 0.405. The first-order valence-corrected chi connectivity index (χ1v) is 13.5. The van der Waals surface area contributed by atoms with Crippen molar-refractivity contribution in [2.75, 3.05) is 17.4 Å². The van der Waals surface area contributed by atoms with Crippen LogP contribution >= 0.6 is 0 Å². The number of anilines is 1. The molecule has 0 aromatic heterocycles. The zero-order valence-electron chi connectivity index (χ0n) is 21.2. The molecule has 0 fully saturated rings. The molecule has 0 saturated carbocycles. The summed E-state index contributed by atoms with van der Waals surface area (Å²) in [6.45, 7) is 4.95. The van der Waals surface area contributed by atoms with E-state index in [4.69, 9.17) is 0 Å². The number of amides is 2. The SMILES string of the molecule is CCCNC(=O)[C@H](C)N(Cc1ccccc1F)C(=O)CN(c1ccccc1)S(=O)(=O)c1ccc(C)cc1. The number of halogens is 1. The number of nitrogens with one attached hydrogen (secondary N) is 1. The minimum atomic E-state index is -4.13. The molecule has 1 N–H and O–H groups in total. The highest BCUT2D eigenvalue weighted by atomic mass is 32.2. The van der Waals surface area contributed by atoms with Crippen LogP contribution in [0.5, 0.6) is 0 Å². The van der Waals surface area contributed by atoms with E-state index >= 15 is 0 Å². The van der Waals surface area contributed by atoms with Crippen LogP contribution in [0.1, 0.15) is 31.4 Å². The van der Waals surface area contributed by atoms with Crippen molar-refractivity contribution < 1.29 is 22.4 Å². The van der Waals surface area contributed by atoms with Crippen molar-refractivity contribution >= 4 is 27.5 Å². The third-order valence-corrected chi connectivity index (χ3v) is 7.74. The van der Waals surface area contributed by atoms with E-state index in [0.717, 1.165) is 9.87 Å². The second-order valence-corrected chi connectivity index (χ2v) is 10.6. The molecule has 9 heteroatoms. The Kier molecular flexibility index (Phi) is 9.41. The number of nitrogens with zero attached hydrogens (tertiary/aromatic N) is 2. The van der Waals surface area contributed by atoms with Crippen LogP contribution in [0.3, 0.4) is 0 Å². The van der Waals surface area contributed by atoms with Crippen molar-refractivity contribution in [1.29, 1.82) is 0 Å². The van der Waals surface area contributed by atoms with E-state index in [1.54, 1.807) is 55.5 Å². The van der Waals surface area contributed by atoms with E-state index in [9.17, 15) is 22.4 Å². The normalized spacial score (nSPS) is 12.0. The van der Waals surface area contributed by atoms with Crippen molar-refractivity contribution in [2.24, 2.45) is 0 Å². The molecule has 3 aromatic carbocycles. The average Bonchev–Trinajstić information content (AvgIpc) is 2.90. The van der Waals surface area contributed by atoms with E-state index in [0.29, 0.717) is 18.7 Å². The van der Waals surface area contributed by atoms with Gasteiger partial charge in [0.25, 0.3) is 10.0 Å². The average molecular weight is 526 g/mol. The summed E-state index contributed by atoms with van der Waals surface area (Å²) in [6, 6.07) is 19.7. The summed E-state index contributed by atoms with van der Waals surface area (Å²) in [4.78, 5) is 27.8. The monoisotopic (exact) mass is 525 g/mol. The van der Waals surface area contributed by atoms with Gasteiger partial charge in [0, 0.05) is 18.7 Å². The van der Waals surface area contributed by atoms with Gasteiger partial charge in [-0.25, -0.2) is 12.8 Å².